The molecule has 66 valence electrons. The number of hydrogen-bond acceptors (Lipinski definition) is 2. The van der Waals surface area contributed by atoms with Gasteiger partial charge in [0.25, 0.3) is 0 Å². The maximum atomic E-state index is 10.7. The number of aryl methyl sites for hydroxylation is 2. The van der Waals surface area contributed by atoms with Gasteiger partial charge in [0.05, 0.1) is 13.6 Å². The summed E-state index contributed by atoms with van der Waals surface area (Å²) in [5.41, 5.74) is 0. The second-order valence-electron chi connectivity index (χ2n) is 2.75. The van der Waals surface area contributed by atoms with Crippen molar-refractivity contribution in [2.75, 3.05) is 6.61 Å². The van der Waals surface area contributed by atoms with Crippen LogP contribution in [0.5, 0.6) is 0 Å². The fraction of sp³-hybridized carbons (Fsp3) is 0.500. The molecule has 1 aromatic heterocycles. The molecule has 0 unspecified atom stereocenters. The molecular weight excluding hydrogens is 156 g/mol. The summed E-state index contributed by atoms with van der Waals surface area (Å²) in [5, 5.41) is 10.1. The van der Waals surface area contributed by atoms with Crippen molar-refractivity contribution in [3.05, 3.63) is 18.7 Å². The van der Waals surface area contributed by atoms with Crippen molar-refractivity contribution in [2.45, 2.75) is 13.0 Å². The topological polar surface area (TPSA) is 48.9 Å². The number of carbonyl (C=O) groups is 1. The van der Waals surface area contributed by atoms with E-state index in [1.807, 2.05) is 34.9 Å². The van der Waals surface area contributed by atoms with Gasteiger partial charge in [0.2, 0.25) is 6.33 Å². The highest BCUT2D eigenvalue weighted by Gasteiger charge is 2.01. The lowest BCUT2D eigenvalue weighted by atomic mass is 10.3. The zero-order valence-corrected chi connectivity index (χ0v) is 7.06. The maximum Gasteiger partial charge on any atom is 0.243 e. The van der Waals surface area contributed by atoms with Crippen LogP contribution in [0.25, 0.3) is 0 Å². The quantitative estimate of drug-likeness (QED) is 0.521. The molecule has 0 bridgehead atoms. The summed E-state index contributed by atoms with van der Waals surface area (Å²) in [5.74, 6) is -0.230. The maximum absolute atomic E-state index is 10.7. The van der Waals surface area contributed by atoms with Gasteiger partial charge in [-0.2, -0.15) is 0 Å². The molecule has 0 aliphatic heterocycles. The molecule has 1 heterocycles. The van der Waals surface area contributed by atoms with Crippen molar-refractivity contribution in [1.29, 1.82) is 0 Å². The second-order valence-corrected chi connectivity index (χ2v) is 2.75. The van der Waals surface area contributed by atoms with Crippen LogP contribution in [0.2, 0.25) is 0 Å². The highest BCUT2D eigenvalue weighted by Crippen LogP contribution is 1.89. The van der Waals surface area contributed by atoms with Gasteiger partial charge in [0.1, 0.15) is 18.2 Å². The van der Waals surface area contributed by atoms with Crippen LogP contribution in [0.15, 0.2) is 18.7 Å². The minimum absolute atomic E-state index is 0.230. The Kier molecular flexibility index (Phi) is 2.99. The first kappa shape index (κ1) is 8.93. The lowest BCUT2D eigenvalue weighted by Crippen LogP contribution is -2.24. The first-order valence-electron chi connectivity index (χ1n) is 3.83. The van der Waals surface area contributed by atoms with Crippen LogP contribution in [0.4, 0.5) is 0 Å². The Bertz CT molecular complexity index is 268. The van der Waals surface area contributed by atoms with Crippen LogP contribution in [0.3, 0.4) is 0 Å². The van der Waals surface area contributed by atoms with Gasteiger partial charge in [0.15, 0.2) is 0 Å². The summed E-state index contributed by atoms with van der Waals surface area (Å²) in [7, 11) is 1.91. The molecule has 0 saturated heterocycles. The molecule has 0 radical (unpaired) electrons. The van der Waals surface area contributed by atoms with Crippen LogP contribution >= 0.6 is 0 Å². The number of Topliss-reactive ketones (excluding diaryl/α,β-unsaturated/α-hetero) is 1. The van der Waals surface area contributed by atoms with Crippen LogP contribution in [0.1, 0.15) is 6.42 Å². The summed E-state index contributed by atoms with van der Waals surface area (Å²) < 4.78 is 3.77. The van der Waals surface area contributed by atoms with Crippen molar-refractivity contribution in [1.82, 2.24) is 4.57 Å². The fourth-order valence-electron chi connectivity index (χ4n) is 0.960. The smallest absolute Gasteiger partial charge is 0.243 e. The summed E-state index contributed by atoms with van der Waals surface area (Å²) in [6.45, 7) is -0.00466. The molecule has 4 heteroatoms. The molecule has 0 aromatic carbocycles. The minimum atomic E-state index is -0.604. The normalized spacial score (nSPS) is 10.2. The third-order valence-electron chi connectivity index (χ3n) is 1.63. The molecule has 0 fully saturated rings. The highest BCUT2D eigenvalue weighted by atomic mass is 16.3. The number of aromatic nitrogens is 2. The Morgan fingerprint density at radius 1 is 1.67 bits per heavy atom. The molecule has 0 N–H and O–H groups in total. The number of rotatable bonds is 4. The van der Waals surface area contributed by atoms with Gasteiger partial charge in [-0.3, -0.25) is 0 Å². The Hall–Kier alpha value is -1.16. The van der Waals surface area contributed by atoms with Gasteiger partial charge < -0.3 is 9.90 Å². The van der Waals surface area contributed by atoms with E-state index < -0.39 is 6.61 Å². The Balaban J connectivity index is 2.38. The molecule has 0 spiro atoms. The number of ketones is 1. The van der Waals surface area contributed by atoms with Gasteiger partial charge >= 0.3 is 0 Å². The molecule has 12 heavy (non-hydrogen) atoms. The number of hydrogen-bond donors (Lipinski definition) is 0. The van der Waals surface area contributed by atoms with Crippen LogP contribution in [0, 0.1) is 0 Å². The van der Waals surface area contributed by atoms with Gasteiger partial charge in [-0.15, -0.1) is 0 Å². The van der Waals surface area contributed by atoms with Gasteiger partial charge in [-0.25, -0.2) is 9.13 Å². The van der Waals surface area contributed by atoms with E-state index in [0.717, 1.165) is 0 Å². The predicted octanol–water partition coefficient (Wildman–Crippen LogP) is -1.37. The number of carbonyl (C=O) groups excluding carboxylic acids is 1. The first-order chi connectivity index (χ1) is 5.72. The van der Waals surface area contributed by atoms with Crippen molar-refractivity contribution in [3.8, 4) is 0 Å². The standard InChI is InChI=1S/C8H12N2O2/c1-9-4-5-10(7-9)3-2-8(12)6-11/h4-5,7H,2-3,6H2,1H3. The molecule has 0 atom stereocenters. The average molecular weight is 168 g/mol. The van der Waals surface area contributed by atoms with Crippen LogP contribution in [-0.4, -0.2) is 17.0 Å². The first-order valence-corrected chi connectivity index (χ1v) is 3.83. The molecule has 0 saturated carbocycles. The molecule has 0 amide bonds. The fourth-order valence-corrected chi connectivity index (χ4v) is 0.960. The Labute approximate surface area is 71.1 Å². The molecule has 4 nitrogen and oxygen atoms in total. The zero-order chi connectivity index (χ0) is 8.97. The van der Waals surface area contributed by atoms with Crippen molar-refractivity contribution in [3.63, 3.8) is 0 Å². The number of nitrogens with zero attached hydrogens (tertiary/aromatic N) is 2. The second kappa shape index (κ2) is 4.01. The minimum Gasteiger partial charge on any atom is -0.849 e. The van der Waals surface area contributed by atoms with Crippen molar-refractivity contribution in [2.24, 2.45) is 7.05 Å². The third kappa shape index (κ3) is 2.47. The van der Waals surface area contributed by atoms with Crippen molar-refractivity contribution >= 4 is 5.78 Å². The molecule has 0 aliphatic rings. The zero-order valence-electron chi connectivity index (χ0n) is 7.06. The summed E-state index contributed by atoms with van der Waals surface area (Å²) in [6, 6.07) is 0. The summed E-state index contributed by atoms with van der Waals surface area (Å²) >= 11 is 0. The Morgan fingerprint density at radius 2 is 2.42 bits per heavy atom. The molecule has 0 aliphatic carbocycles. The summed E-state index contributed by atoms with van der Waals surface area (Å²) in [4.78, 5) is 10.7. The van der Waals surface area contributed by atoms with Crippen LogP contribution < -0.4 is 9.67 Å². The van der Waals surface area contributed by atoms with E-state index >= 15 is 0 Å². The highest BCUT2D eigenvalue weighted by molar-refractivity contribution is 5.78. The SMILES string of the molecule is C[n+]1ccn(CCC(=O)C[O-])c1. The van der Waals surface area contributed by atoms with E-state index in [1.165, 1.54) is 0 Å². The van der Waals surface area contributed by atoms with Gasteiger partial charge in [-0.1, -0.05) is 6.61 Å². The lowest BCUT2D eigenvalue weighted by molar-refractivity contribution is -0.671. The predicted molar refractivity (Wildman–Crippen MR) is 40.1 cm³/mol. The molecule has 1 aromatic rings. The van der Waals surface area contributed by atoms with E-state index in [-0.39, 0.29) is 5.78 Å². The van der Waals surface area contributed by atoms with E-state index in [9.17, 15) is 9.90 Å². The van der Waals surface area contributed by atoms with E-state index in [4.69, 9.17) is 0 Å². The number of imidazole rings is 1. The third-order valence-corrected chi connectivity index (χ3v) is 1.63. The van der Waals surface area contributed by atoms with E-state index in [0.29, 0.717) is 13.0 Å². The van der Waals surface area contributed by atoms with E-state index in [2.05, 4.69) is 0 Å². The summed E-state index contributed by atoms with van der Waals surface area (Å²) in [6.07, 6.45) is 5.97. The Morgan fingerprint density at radius 3 is 2.92 bits per heavy atom. The largest absolute Gasteiger partial charge is 0.849 e. The van der Waals surface area contributed by atoms with Gasteiger partial charge in [0, 0.05) is 6.42 Å². The van der Waals surface area contributed by atoms with E-state index in [1.54, 1.807) is 0 Å². The van der Waals surface area contributed by atoms with Crippen molar-refractivity contribution < 1.29 is 14.5 Å². The molecule has 1 rings (SSSR count). The molecular formula is C8H12N2O2. The monoisotopic (exact) mass is 168 g/mol. The lowest BCUT2D eigenvalue weighted by Gasteiger charge is -1.99. The van der Waals surface area contributed by atoms with Gasteiger partial charge in [-0.05, 0) is 0 Å². The average Bonchev–Trinajstić information content (AvgIpc) is 2.47. The van der Waals surface area contributed by atoms with Crippen LogP contribution in [-0.2, 0) is 18.4 Å².